The van der Waals surface area contributed by atoms with E-state index in [9.17, 15) is 0 Å². The van der Waals surface area contributed by atoms with Gasteiger partial charge in [0.05, 0.1) is 6.04 Å². The molecule has 0 aliphatic carbocycles. The minimum Gasteiger partial charge on any atom is -0.362 e. The normalized spacial score (nSPS) is 17.1. The highest BCUT2D eigenvalue weighted by atomic mass is 32.1. The Morgan fingerprint density at radius 1 is 1.32 bits per heavy atom. The van der Waals surface area contributed by atoms with Crippen LogP contribution in [0.5, 0.6) is 0 Å². The topological polar surface area (TPSA) is 15.3 Å². The first-order valence-corrected chi connectivity index (χ1v) is 9.23. The lowest BCUT2D eigenvalue weighted by atomic mass is 9.98. The van der Waals surface area contributed by atoms with Crippen molar-refractivity contribution in [3.05, 3.63) is 57.8 Å². The lowest BCUT2D eigenvalue weighted by Crippen LogP contribution is -2.45. The molecule has 1 N–H and O–H groups in total. The lowest BCUT2D eigenvalue weighted by Gasteiger charge is -2.37. The van der Waals surface area contributed by atoms with Crippen LogP contribution in [-0.2, 0) is 12.8 Å². The Morgan fingerprint density at radius 2 is 2.14 bits per heavy atom. The summed E-state index contributed by atoms with van der Waals surface area (Å²) in [6, 6.07) is 13.3. The fourth-order valence-electron chi connectivity index (χ4n) is 3.14. The Labute approximate surface area is 142 Å². The molecule has 0 saturated heterocycles. The predicted molar refractivity (Wildman–Crippen MR) is 98.5 cm³/mol. The van der Waals surface area contributed by atoms with Crippen molar-refractivity contribution in [1.82, 2.24) is 10.2 Å². The van der Waals surface area contributed by atoms with Crippen LogP contribution in [-0.4, -0.2) is 23.1 Å². The van der Waals surface area contributed by atoms with Gasteiger partial charge < -0.3 is 10.2 Å². The summed E-state index contributed by atoms with van der Waals surface area (Å²) in [5.74, 6) is 0. The first kappa shape index (κ1) is 15.5. The number of hydrogen-bond acceptors (Lipinski definition) is 2. The van der Waals surface area contributed by atoms with E-state index in [0.717, 1.165) is 37.5 Å². The van der Waals surface area contributed by atoms with E-state index in [4.69, 9.17) is 12.2 Å². The minimum absolute atomic E-state index is 0.437. The largest absolute Gasteiger partial charge is 0.362 e. The SMILES string of the molecule is CCC1c2ccsc2CCN1C(=S)NCCc1ccccc1. The monoisotopic (exact) mass is 330 g/mol. The molecule has 1 aromatic carbocycles. The molecule has 4 heteroatoms. The number of rotatable bonds is 4. The molecule has 22 heavy (non-hydrogen) atoms. The van der Waals surface area contributed by atoms with Gasteiger partial charge in [-0.2, -0.15) is 0 Å². The molecule has 0 amide bonds. The summed E-state index contributed by atoms with van der Waals surface area (Å²) in [5.41, 5.74) is 2.83. The van der Waals surface area contributed by atoms with Crippen molar-refractivity contribution in [2.75, 3.05) is 13.1 Å². The third-order valence-electron chi connectivity index (χ3n) is 4.28. The number of thiophene rings is 1. The Kier molecular flexibility index (Phi) is 5.11. The van der Waals surface area contributed by atoms with Crippen molar-refractivity contribution in [2.45, 2.75) is 32.2 Å². The van der Waals surface area contributed by atoms with E-state index < -0.39 is 0 Å². The molecule has 1 aliphatic heterocycles. The van der Waals surface area contributed by atoms with Gasteiger partial charge in [-0.25, -0.2) is 0 Å². The summed E-state index contributed by atoms with van der Waals surface area (Å²) in [7, 11) is 0. The zero-order chi connectivity index (χ0) is 15.4. The van der Waals surface area contributed by atoms with Gasteiger partial charge in [-0.3, -0.25) is 0 Å². The predicted octanol–water partition coefficient (Wildman–Crippen LogP) is 4.17. The van der Waals surface area contributed by atoms with Gasteiger partial charge in [0.2, 0.25) is 0 Å². The van der Waals surface area contributed by atoms with Gasteiger partial charge in [-0.05, 0) is 54.1 Å². The maximum atomic E-state index is 5.65. The third kappa shape index (κ3) is 3.33. The van der Waals surface area contributed by atoms with E-state index in [2.05, 4.69) is 58.9 Å². The highest BCUT2D eigenvalue weighted by Crippen LogP contribution is 2.35. The molecular formula is C18H22N2S2. The quantitative estimate of drug-likeness (QED) is 0.847. The second-order valence-corrected chi connectivity index (χ2v) is 7.02. The van der Waals surface area contributed by atoms with Crippen LogP contribution in [0.2, 0.25) is 0 Å². The second-order valence-electron chi connectivity index (χ2n) is 5.63. The van der Waals surface area contributed by atoms with Gasteiger partial charge in [0, 0.05) is 18.0 Å². The average Bonchev–Trinajstić information content (AvgIpc) is 3.03. The molecule has 0 saturated carbocycles. The number of thiocarbonyl (C=S) groups is 1. The fourth-order valence-corrected chi connectivity index (χ4v) is 4.39. The first-order chi connectivity index (χ1) is 10.8. The molecule has 0 bridgehead atoms. The third-order valence-corrected chi connectivity index (χ3v) is 5.65. The molecule has 0 radical (unpaired) electrons. The number of nitrogens with one attached hydrogen (secondary N) is 1. The van der Waals surface area contributed by atoms with E-state index in [1.807, 2.05) is 11.3 Å². The maximum absolute atomic E-state index is 5.65. The van der Waals surface area contributed by atoms with Gasteiger partial charge in [0.15, 0.2) is 5.11 Å². The molecule has 116 valence electrons. The summed E-state index contributed by atoms with van der Waals surface area (Å²) in [6.07, 6.45) is 3.23. The van der Waals surface area contributed by atoms with Crippen LogP contribution in [0.1, 0.15) is 35.4 Å². The highest BCUT2D eigenvalue weighted by Gasteiger charge is 2.28. The Balaban J connectivity index is 1.58. The minimum atomic E-state index is 0.437. The molecule has 1 aromatic heterocycles. The number of benzene rings is 1. The molecular weight excluding hydrogens is 308 g/mol. The second kappa shape index (κ2) is 7.25. The van der Waals surface area contributed by atoms with Crippen LogP contribution in [0.25, 0.3) is 0 Å². The van der Waals surface area contributed by atoms with Gasteiger partial charge in [0.25, 0.3) is 0 Å². The van der Waals surface area contributed by atoms with Crippen molar-refractivity contribution in [3.8, 4) is 0 Å². The number of hydrogen-bond donors (Lipinski definition) is 1. The van der Waals surface area contributed by atoms with Crippen molar-refractivity contribution in [3.63, 3.8) is 0 Å². The van der Waals surface area contributed by atoms with Crippen LogP contribution in [0.15, 0.2) is 41.8 Å². The Hall–Kier alpha value is -1.39. The average molecular weight is 331 g/mol. The van der Waals surface area contributed by atoms with Gasteiger partial charge in [-0.15, -0.1) is 11.3 Å². The van der Waals surface area contributed by atoms with Crippen molar-refractivity contribution < 1.29 is 0 Å². The molecule has 1 aliphatic rings. The van der Waals surface area contributed by atoms with Crippen LogP contribution in [0.4, 0.5) is 0 Å². The molecule has 0 fully saturated rings. The van der Waals surface area contributed by atoms with Crippen LogP contribution in [0, 0.1) is 0 Å². The standard InChI is InChI=1S/C18H22N2S2/c1-2-16-15-10-13-22-17(15)9-12-20(16)18(21)19-11-8-14-6-4-3-5-7-14/h3-7,10,13,16H,2,8-9,11-12H2,1H3,(H,19,21). The summed E-state index contributed by atoms with van der Waals surface area (Å²) in [4.78, 5) is 3.91. The van der Waals surface area contributed by atoms with Crippen LogP contribution < -0.4 is 5.32 Å². The summed E-state index contributed by atoms with van der Waals surface area (Å²) < 4.78 is 0. The molecule has 1 atom stereocenters. The van der Waals surface area contributed by atoms with Crippen molar-refractivity contribution >= 4 is 28.7 Å². The number of fused-ring (bicyclic) bond motifs is 1. The van der Waals surface area contributed by atoms with Crippen molar-refractivity contribution in [1.29, 1.82) is 0 Å². The van der Waals surface area contributed by atoms with Crippen LogP contribution >= 0.6 is 23.6 Å². The van der Waals surface area contributed by atoms with Gasteiger partial charge >= 0.3 is 0 Å². The Morgan fingerprint density at radius 3 is 2.91 bits per heavy atom. The zero-order valence-electron chi connectivity index (χ0n) is 12.9. The van der Waals surface area contributed by atoms with E-state index in [0.29, 0.717) is 6.04 Å². The lowest BCUT2D eigenvalue weighted by molar-refractivity contribution is 0.290. The Bertz CT molecular complexity index is 621. The van der Waals surface area contributed by atoms with Gasteiger partial charge in [0.1, 0.15) is 0 Å². The highest BCUT2D eigenvalue weighted by molar-refractivity contribution is 7.80. The van der Waals surface area contributed by atoms with Crippen molar-refractivity contribution in [2.24, 2.45) is 0 Å². The molecule has 0 spiro atoms. The zero-order valence-corrected chi connectivity index (χ0v) is 14.6. The molecule has 2 nitrogen and oxygen atoms in total. The summed E-state index contributed by atoms with van der Waals surface area (Å²) in [6.45, 7) is 4.17. The molecule has 1 unspecified atom stereocenters. The van der Waals surface area contributed by atoms with E-state index in [-0.39, 0.29) is 0 Å². The van der Waals surface area contributed by atoms with Crippen LogP contribution in [0.3, 0.4) is 0 Å². The maximum Gasteiger partial charge on any atom is 0.169 e. The van der Waals surface area contributed by atoms with E-state index in [1.165, 1.54) is 16.0 Å². The molecule has 2 aromatic rings. The summed E-state index contributed by atoms with van der Waals surface area (Å²) in [5, 5.41) is 6.56. The van der Waals surface area contributed by atoms with E-state index in [1.54, 1.807) is 0 Å². The fraction of sp³-hybridized carbons (Fsp3) is 0.389. The van der Waals surface area contributed by atoms with E-state index >= 15 is 0 Å². The van der Waals surface area contributed by atoms with Gasteiger partial charge in [-0.1, -0.05) is 37.3 Å². The smallest absolute Gasteiger partial charge is 0.169 e. The number of nitrogens with zero attached hydrogens (tertiary/aromatic N) is 1. The first-order valence-electron chi connectivity index (χ1n) is 7.94. The molecule has 3 rings (SSSR count). The summed E-state index contributed by atoms with van der Waals surface area (Å²) >= 11 is 7.54. The molecule has 2 heterocycles.